The summed E-state index contributed by atoms with van der Waals surface area (Å²) in [5, 5.41) is 4.17. The standard InChI is InChI=1S/C13H17N3O/c1-9(17-3)10-6-4-5-7-11(10)12-8-15-16(2)13(12)14/h4-9H,14H2,1-3H3. The average molecular weight is 231 g/mol. The second-order valence-electron chi connectivity index (χ2n) is 4.03. The van der Waals surface area contributed by atoms with Gasteiger partial charge in [-0.3, -0.25) is 4.68 Å². The third-order valence-electron chi connectivity index (χ3n) is 3.03. The van der Waals surface area contributed by atoms with Gasteiger partial charge in [-0.1, -0.05) is 24.3 Å². The number of nitrogen functional groups attached to an aromatic ring is 1. The van der Waals surface area contributed by atoms with Gasteiger partial charge in [0.1, 0.15) is 5.82 Å². The summed E-state index contributed by atoms with van der Waals surface area (Å²) in [6.07, 6.45) is 1.82. The van der Waals surface area contributed by atoms with Crippen LogP contribution in [-0.4, -0.2) is 16.9 Å². The van der Waals surface area contributed by atoms with Crippen LogP contribution < -0.4 is 5.73 Å². The van der Waals surface area contributed by atoms with Gasteiger partial charge in [0.05, 0.1) is 12.3 Å². The Labute approximate surface area is 101 Å². The quantitative estimate of drug-likeness (QED) is 0.882. The van der Waals surface area contributed by atoms with Gasteiger partial charge >= 0.3 is 0 Å². The zero-order valence-electron chi connectivity index (χ0n) is 10.3. The topological polar surface area (TPSA) is 53.1 Å². The SMILES string of the molecule is COC(C)c1ccccc1-c1cnn(C)c1N. The number of nitrogens with two attached hydrogens (primary N) is 1. The molecule has 0 aliphatic carbocycles. The highest BCUT2D eigenvalue weighted by atomic mass is 16.5. The number of benzene rings is 1. The minimum Gasteiger partial charge on any atom is -0.383 e. The summed E-state index contributed by atoms with van der Waals surface area (Å²) in [6.45, 7) is 2.02. The Morgan fingerprint density at radius 2 is 2.00 bits per heavy atom. The largest absolute Gasteiger partial charge is 0.383 e. The van der Waals surface area contributed by atoms with Crippen LogP contribution >= 0.6 is 0 Å². The molecule has 90 valence electrons. The summed E-state index contributed by atoms with van der Waals surface area (Å²) in [6, 6.07) is 8.09. The van der Waals surface area contributed by atoms with Gasteiger partial charge in [-0.2, -0.15) is 5.10 Å². The average Bonchev–Trinajstić information content (AvgIpc) is 2.69. The van der Waals surface area contributed by atoms with Gasteiger partial charge in [0, 0.05) is 19.7 Å². The molecule has 1 atom stereocenters. The maximum absolute atomic E-state index is 6.00. The molecule has 0 radical (unpaired) electrons. The molecule has 0 saturated heterocycles. The van der Waals surface area contributed by atoms with Crippen molar-refractivity contribution in [3.05, 3.63) is 36.0 Å². The molecule has 2 aromatic rings. The Kier molecular flexibility index (Phi) is 3.15. The van der Waals surface area contributed by atoms with Crippen molar-refractivity contribution in [2.75, 3.05) is 12.8 Å². The van der Waals surface area contributed by atoms with Crippen LogP contribution in [0.25, 0.3) is 11.1 Å². The minimum absolute atomic E-state index is 0.0332. The third-order valence-corrected chi connectivity index (χ3v) is 3.03. The molecule has 0 fully saturated rings. The molecular formula is C13H17N3O. The molecule has 2 N–H and O–H groups in total. The van der Waals surface area contributed by atoms with Crippen molar-refractivity contribution in [1.82, 2.24) is 9.78 Å². The number of nitrogens with zero attached hydrogens (tertiary/aromatic N) is 2. The van der Waals surface area contributed by atoms with Crippen molar-refractivity contribution in [3.63, 3.8) is 0 Å². The predicted octanol–water partition coefficient (Wildman–Crippen LogP) is 2.38. The van der Waals surface area contributed by atoms with Gasteiger partial charge < -0.3 is 10.5 Å². The molecule has 0 bridgehead atoms. The normalized spacial score (nSPS) is 12.6. The maximum atomic E-state index is 6.00. The Morgan fingerprint density at radius 3 is 2.59 bits per heavy atom. The zero-order valence-corrected chi connectivity index (χ0v) is 10.3. The Morgan fingerprint density at radius 1 is 1.29 bits per heavy atom. The Balaban J connectivity index is 2.56. The molecule has 0 amide bonds. The van der Waals surface area contributed by atoms with E-state index < -0.39 is 0 Å². The van der Waals surface area contributed by atoms with Crippen LogP contribution in [0.1, 0.15) is 18.6 Å². The lowest BCUT2D eigenvalue weighted by Crippen LogP contribution is -2.01. The lowest BCUT2D eigenvalue weighted by Gasteiger charge is -2.14. The van der Waals surface area contributed by atoms with Crippen LogP contribution in [0.3, 0.4) is 0 Å². The molecule has 17 heavy (non-hydrogen) atoms. The number of hydrogen-bond acceptors (Lipinski definition) is 3. The number of ether oxygens (including phenoxy) is 1. The zero-order chi connectivity index (χ0) is 12.4. The molecule has 1 aromatic heterocycles. The van der Waals surface area contributed by atoms with Crippen molar-refractivity contribution in [3.8, 4) is 11.1 Å². The van der Waals surface area contributed by atoms with Crippen LogP contribution in [0.5, 0.6) is 0 Å². The highest BCUT2D eigenvalue weighted by Crippen LogP contribution is 2.32. The van der Waals surface area contributed by atoms with Crippen LogP contribution in [0.2, 0.25) is 0 Å². The summed E-state index contributed by atoms with van der Waals surface area (Å²) < 4.78 is 7.05. The van der Waals surface area contributed by atoms with Crippen LogP contribution in [0.4, 0.5) is 5.82 Å². The van der Waals surface area contributed by atoms with Crippen molar-refractivity contribution in [2.45, 2.75) is 13.0 Å². The smallest absolute Gasteiger partial charge is 0.129 e. The summed E-state index contributed by atoms with van der Waals surface area (Å²) in [5.41, 5.74) is 9.15. The molecule has 1 unspecified atom stereocenters. The minimum atomic E-state index is 0.0332. The van der Waals surface area contributed by atoms with Gasteiger partial charge in [0.2, 0.25) is 0 Å². The van der Waals surface area contributed by atoms with E-state index in [1.807, 2.05) is 32.2 Å². The van der Waals surface area contributed by atoms with E-state index >= 15 is 0 Å². The Hall–Kier alpha value is -1.81. The van der Waals surface area contributed by atoms with E-state index in [0.29, 0.717) is 5.82 Å². The van der Waals surface area contributed by atoms with E-state index in [-0.39, 0.29) is 6.10 Å². The van der Waals surface area contributed by atoms with Gasteiger partial charge in [-0.25, -0.2) is 0 Å². The number of hydrogen-bond donors (Lipinski definition) is 1. The molecule has 1 heterocycles. The van der Waals surface area contributed by atoms with E-state index in [4.69, 9.17) is 10.5 Å². The molecule has 0 aliphatic rings. The van der Waals surface area contributed by atoms with Crippen LogP contribution in [-0.2, 0) is 11.8 Å². The van der Waals surface area contributed by atoms with E-state index in [2.05, 4.69) is 11.2 Å². The van der Waals surface area contributed by atoms with Crippen molar-refractivity contribution in [2.24, 2.45) is 7.05 Å². The van der Waals surface area contributed by atoms with E-state index in [1.165, 1.54) is 0 Å². The van der Waals surface area contributed by atoms with E-state index in [9.17, 15) is 0 Å². The first-order chi connectivity index (χ1) is 8.15. The maximum Gasteiger partial charge on any atom is 0.129 e. The first-order valence-corrected chi connectivity index (χ1v) is 5.54. The number of aryl methyl sites for hydroxylation is 1. The molecular weight excluding hydrogens is 214 g/mol. The summed E-state index contributed by atoms with van der Waals surface area (Å²) in [5.74, 6) is 0.667. The van der Waals surface area contributed by atoms with Gasteiger partial charge in [0.15, 0.2) is 0 Å². The molecule has 0 spiro atoms. The molecule has 4 heteroatoms. The lowest BCUT2D eigenvalue weighted by molar-refractivity contribution is 0.120. The van der Waals surface area contributed by atoms with Gasteiger partial charge in [-0.05, 0) is 18.1 Å². The lowest BCUT2D eigenvalue weighted by atomic mass is 9.98. The van der Waals surface area contributed by atoms with Crippen molar-refractivity contribution >= 4 is 5.82 Å². The molecule has 0 saturated carbocycles. The highest BCUT2D eigenvalue weighted by Gasteiger charge is 2.14. The summed E-state index contributed by atoms with van der Waals surface area (Å²) >= 11 is 0. The monoisotopic (exact) mass is 231 g/mol. The van der Waals surface area contributed by atoms with Crippen LogP contribution in [0.15, 0.2) is 30.5 Å². The Bertz CT molecular complexity index is 519. The van der Waals surface area contributed by atoms with Gasteiger partial charge in [0.25, 0.3) is 0 Å². The van der Waals surface area contributed by atoms with Crippen LogP contribution in [0, 0.1) is 0 Å². The molecule has 0 aliphatic heterocycles. The summed E-state index contributed by atoms with van der Waals surface area (Å²) in [4.78, 5) is 0. The number of anilines is 1. The first kappa shape index (κ1) is 11.7. The third kappa shape index (κ3) is 2.03. The number of methoxy groups -OCH3 is 1. The van der Waals surface area contributed by atoms with E-state index in [0.717, 1.165) is 16.7 Å². The fourth-order valence-corrected chi connectivity index (χ4v) is 1.88. The first-order valence-electron chi connectivity index (χ1n) is 5.54. The van der Waals surface area contributed by atoms with Crippen molar-refractivity contribution in [1.29, 1.82) is 0 Å². The predicted molar refractivity (Wildman–Crippen MR) is 68.5 cm³/mol. The summed E-state index contributed by atoms with van der Waals surface area (Å²) in [7, 11) is 3.54. The molecule has 4 nitrogen and oxygen atoms in total. The number of rotatable bonds is 3. The fraction of sp³-hybridized carbons (Fsp3) is 0.308. The van der Waals surface area contributed by atoms with Crippen molar-refractivity contribution < 1.29 is 4.74 Å². The second-order valence-corrected chi connectivity index (χ2v) is 4.03. The molecule has 2 rings (SSSR count). The van der Waals surface area contributed by atoms with E-state index in [1.54, 1.807) is 18.0 Å². The molecule has 1 aromatic carbocycles. The highest BCUT2D eigenvalue weighted by molar-refractivity contribution is 5.76. The number of aromatic nitrogens is 2. The second kappa shape index (κ2) is 4.59. The van der Waals surface area contributed by atoms with Gasteiger partial charge in [-0.15, -0.1) is 0 Å². The fourth-order valence-electron chi connectivity index (χ4n) is 1.88.